The van der Waals surface area contributed by atoms with Crippen LogP contribution in [-0.4, -0.2) is 111 Å². The molecule has 152 valence electrons. The van der Waals surface area contributed by atoms with Gasteiger partial charge in [0.1, 0.15) is 48.8 Å². The summed E-state index contributed by atoms with van der Waals surface area (Å²) in [5.74, 6) is -0.519. The fourth-order valence-corrected chi connectivity index (χ4v) is 3.21. The third kappa shape index (κ3) is 4.32. The van der Waals surface area contributed by atoms with E-state index in [-0.39, 0.29) is 0 Å². The minimum absolute atomic E-state index is 0.499. The van der Waals surface area contributed by atoms with E-state index in [9.17, 15) is 35.4 Å². The van der Waals surface area contributed by atoms with Crippen LogP contribution >= 0.6 is 0 Å². The summed E-state index contributed by atoms with van der Waals surface area (Å²) in [6, 6.07) is -1.18. The topological polar surface area (TPSA) is 178 Å². The Hall–Kier alpha value is -0.890. The highest BCUT2D eigenvalue weighted by molar-refractivity contribution is 5.73. The molecule has 2 saturated heterocycles. The van der Waals surface area contributed by atoms with Gasteiger partial charge < -0.3 is 50.2 Å². The van der Waals surface area contributed by atoms with E-state index in [2.05, 4.69) is 5.32 Å². The summed E-state index contributed by atoms with van der Waals surface area (Å²) < 4.78 is 16.5. The van der Waals surface area contributed by atoms with Crippen LogP contribution in [0.2, 0.25) is 0 Å². The first-order valence-electron chi connectivity index (χ1n) is 8.38. The Morgan fingerprint density at radius 3 is 2.04 bits per heavy atom. The van der Waals surface area contributed by atoms with Gasteiger partial charge in [0.05, 0.1) is 19.3 Å². The van der Waals surface area contributed by atoms with Crippen molar-refractivity contribution in [1.29, 1.82) is 0 Å². The molecule has 7 N–H and O–H groups in total. The lowest BCUT2D eigenvalue weighted by atomic mass is 9.94. The molecule has 4 unspecified atom stereocenters. The zero-order chi connectivity index (χ0) is 19.6. The lowest BCUT2D eigenvalue weighted by molar-refractivity contribution is -0.320. The molecule has 26 heavy (non-hydrogen) atoms. The Labute approximate surface area is 150 Å². The first-order valence-corrected chi connectivity index (χ1v) is 8.38. The van der Waals surface area contributed by atoms with Crippen molar-refractivity contribution in [3.8, 4) is 0 Å². The molecule has 2 fully saturated rings. The van der Waals surface area contributed by atoms with E-state index in [1.165, 1.54) is 6.92 Å². The van der Waals surface area contributed by atoms with Crippen LogP contribution in [0.5, 0.6) is 0 Å². The molecule has 0 radical (unpaired) electrons. The van der Waals surface area contributed by atoms with Crippen molar-refractivity contribution in [2.75, 3.05) is 13.2 Å². The van der Waals surface area contributed by atoms with E-state index in [1.807, 2.05) is 0 Å². The second kappa shape index (κ2) is 8.87. The average Bonchev–Trinajstić information content (AvgIpc) is 2.60. The second-order valence-electron chi connectivity index (χ2n) is 6.58. The van der Waals surface area contributed by atoms with Crippen molar-refractivity contribution >= 4 is 5.91 Å². The molecule has 0 aliphatic carbocycles. The molecule has 2 heterocycles. The van der Waals surface area contributed by atoms with Gasteiger partial charge in [-0.25, -0.2) is 0 Å². The van der Waals surface area contributed by atoms with Crippen LogP contribution in [0.25, 0.3) is 0 Å². The van der Waals surface area contributed by atoms with Gasteiger partial charge in [-0.1, -0.05) is 0 Å². The molecule has 0 spiro atoms. The summed E-state index contributed by atoms with van der Waals surface area (Å²) in [5, 5.41) is 61.4. The molecule has 10 atom stereocenters. The van der Waals surface area contributed by atoms with Crippen molar-refractivity contribution in [3.05, 3.63) is 0 Å². The fraction of sp³-hybridized carbons (Fsp3) is 0.933. The number of hydrogen-bond acceptors (Lipinski definition) is 10. The Kier molecular flexibility index (Phi) is 7.30. The summed E-state index contributed by atoms with van der Waals surface area (Å²) in [6.45, 7) is 1.64. The van der Waals surface area contributed by atoms with Crippen molar-refractivity contribution < 1.29 is 49.6 Å². The second-order valence-corrected chi connectivity index (χ2v) is 6.58. The maximum atomic E-state index is 11.4. The van der Waals surface area contributed by atoms with E-state index in [1.54, 1.807) is 6.92 Å². The quantitative estimate of drug-likeness (QED) is 0.247. The first-order chi connectivity index (χ1) is 12.2. The molecule has 0 aromatic rings. The fourth-order valence-electron chi connectivity index (χ4n) is 3.21. The predicted molar refractivity (Wildman–Crippen MR) is 83.7 cm³/mol. The Bertz CT molecular complexity index is 479. The SMILES string of the molecule is CC(=O)NC1C(O)[C@H](O)[C@H](CO)O[C@H]1OC1[C@@H](O)[C@H](O)C(CO)O[C@@H]1C. The van der Waals surface area contributed by atoms with Crippen LogP contribution in [0, 0.1) is 0 Å². The third-order valence-corrected chi connectivity index (χ3v) is 4.64. The van der Waals surface area contributed by atoms with E-state index >= 15 is 0 Å². The summed E-state index contributed by atoms with van der Waals surface area (Å²) >= 11 is 0. The van der Waals surface area contributed by atoms with Gasteiger partial charge in [-0.2, -0.15) is 0 Å². The Morgan fingerprint density at radius 2 is 1.50 bits per heavy atom. The lowest BCUT2D eigenvalue weighted by Crippen LogP contribution is -2.67. The molecule has 2 rings (SSSR count). The van der Waals surface area contributed by atoms with Gasteiger partial charge in [0.2, 0.25) is 5.91 Å². The number of amides is 1. The number of aliphatic hydroxyl groups is 6. The van der Waals surface area contributed by atoms with Gasteiger partial charge in [-0.05, 0) is 6.92 Å². The number of aliphatic hydroxyl groups excluding tert-OH is 6. The Morgan fingerprint density at radius 1 is 0.962 bits per heavy atom. The zero-order valence-corrected chi connectivity index (χ0v) is 14.5. The highest BCUT2D eigenvalue weighted by Crippen LogP contribution is 2.29. The molecule has 0 aromatic heterocycles. The van der Waals surface area contributed by atoms with Crippen molar-refractivity contribution in [1.82, 2.24) is 5.32 Å². The molecule has 2 aliphatic heterocycles. The standard InChI is InChI=1S/C15H27NO10/c1-5-14(13(23)11(21)7(3-17)24-5)26-15-9(16-6(2)19)12(22)10(20)8(4-18)25-15/h5,7-15,17-18,20-23H,3-4H2,1-2H3,(H,16,19)/t5-,7?,8+,9?,10-,11-,12?,13+,14?,15+/m1/s1. The number of rotatable bonds is 5. The molecular weight excluding hydrogens is 354 g/mol. The number of carbonyl (C=O) groups excluding carboxylic acids is 1. The van der Waals surface area contributed by atoms with Crippen molar-refractivity contribution in [3.63, 3.8) is 0 Å². The molecular formula is C15H27NO10. The minimum atomic E-state index is -1.50. The van der Waals surface area contributed by atoms with Crippen LogP contribution in [0.1, 0.15) is 13.8 Å². The summed E-state index contributed by atoms with van der Waals surface area (Å²) in [7, 11) is 0. The van der Waals surface area contributed by atoms with Gasteiger partial charge in [-0.3, -0.25) is 4.79 Å². The lowest BCUT2D eigenvalue weighted by Gasteiger charge is -2.46. The van der Waals surface area contributed by atoms with Gasteiger partial charge in [0.15, 0.2) is 6.29 Å². The molecule has 2 aliphatic rings. The van der Waals surface area contributed by atoms with Crippen molar-refractivity contribution in [2.24, 2.45) is 0 Å². The number of nitrogens with one attached hydrogen (secondary N) is 1. The normalized spacial score (nSPS) is 46.8. The number of carbonyl (C=O) groups is 1. The molecule has 11 nitrogen and oxygen atoms in total. The van der Waals surface area contributed by atoms with Gasteiger partial charge in [-0.15, -0.1) is 0 Å². The number of hydrogen-bond donors (Lipinski definition) is 7. The molecule has 1 amide bonds. The van der Waals surface area contributed by atoms with Gasteiger partial charge in [0.25, 0.3) is 0 Å². The summed E-state index contributed by atoms with van der Waals surface area (Å²) in [6.07, 6.45) is -11.2. The van der Waals surface area contributed by atoms with E-state index in [0.717, 1.165) is 0 Å². The van der Waals surface area contributed by atoms with Gasteiger partial charge in [0, 0.05) is 6.92 Å². The van der Waals surface area contributed by atoms with Crippen LogP contribution in [0.3, 0.4) is 0 Å². The van der Waals surface area contributed by atoms with Gasteiger partial charge >= 0.3 is 0 Å². The van der Waals surface area contributed by atoms with Crippen LogP contribution in [0.15, 0.2) is 0 Å². The van der Waals surface area contributed by atoms with E-state index < -0.39 is 80.3 Å². The minimum Gasteiger partial charge on any atom is -0.394 e. The third-order valence-electron chi connectivity index (χ3n) is 4.64. The van der Waals surface area contributed by atoms with Crippen molar-refractivity contribution in [2.45, 2.75) is 75.0 Å². The average molecular weight is 381 g/mol. The zero-order valence-electron chi connectivity index (χ0n) is 14.5. The molecule has 0 aromatic carbocycles. The molecule has 0 saturated carbocycles. The monoisotopic (exact) mass is 381 g/mol. The van der Waals surface area contributed by atoms with Crippen LogP contribution in [0.4, 0.5) is 0 Å². The van der Waals surface area contributed by atoms with Crippen LogP contribution < -0.4 is 5.32 Å². The van der Waals surface area contributed by atoms with E-state index in [4.69, 9.17) is 14.2 Å². The summed E-state index contributed by atoms with van der Waals surface area (Å²) in [5.41, 5.74) is 0. The van der Waals surface area contributed by atoms with Crippen LogP contribution in [-0.2, 0) is 19.0 Å². The number of ether oxygens (including phenoxy) is 3. The maximum Gasteiger partial charge on any atom is 0.217 e. The largest absolute Gasteiger partial charge is 0.394 e. The summed E-state index contributed by atoms with van der Waals surface area (Å²) in [4.78, 5) is 11.4. The maximum absolute atomic E-state index is 11.4. The predicted octanol–water partition coefficient (Wildman–Crippen LogP) is -4.18. The highest BCUT2D eigenvalue weighted by Gasteiger charge is 2.50. The highest BCUT2D eigenvalue weighted by atomic mass is 16.7. The molecule has 11 heteroatoms. The Balaban J connectivity index is 2.18. The first kappa shape index (κ1) is 21.4. The smallest absolute Gasteiger partial charge is 0.217 e. The molecule has 0 bridgehead atoms. The van der Waals surface area contributed by atoms with E-state index in [0.29, 0.717) is 0 Å².